The lowest BCUT2D eigenvalue weighted by atomic mass is 9.72. The summed E-state index contributed by atoms with van der Waals surface area (Å²) in [6.45, 7) is 3.25. The fourth-order valence-corrected chi connectivity index (χ4v) is 3.60. The molecule has 0 bridgehead atoms. The summed E-state index contributed by atoms with van der Waals surface area (Å²) in [7, 11) is 0. The van der Waals surface area contributed by atoms with Crippen molar-refractivity contribution < 1.29 is 14.0 Å². The van der Waals surface area contributed by atoms with Gasteiger partial charge in [-0.3, -0.25) is 9.59 Å². The number of thioether (sulfide) groups is 1. The van der Waals surface area contributed by atoms with E-state index in [1.54, 1.807) is 13.8 Å². The number of nitrogens with zero attached hydrogens (tertiary/aromatic N) is 2. The van der Waals surface area contributed by atoms with E-state index >= 15 is 0 Å². The van der Waals surface area contributed by atoms with E-state index in [1.165, 1.54) is 12.1 Å². The third-order valence-electron chi connectivity index (χ3n) is 3.88. The molecular formula is C17H14ClFN4O2S. The Morgan fingerprint density at radius 2 is 2.15 bits per heavy atom. The summed E-state index contributed by atoms with van der Waals surface area (Å²) in [5.41, 5.74) is -0.825. The van der Waals surface area contributed by atoms with E-state index in [1.807, 2.05) is 12.1 Å². The first-order valence-corrected chi connectivity index (χ1v) is 8.80. The van der Waals surface area contributed by atoms with Crippen molar-refractivity contribution in [2.24, 2.45) is 11.3 Å². The monoisotopic (exact) mass is 392 g/mol. The summed E-state index contributed by atoms with van der Waals surface area (Å²) in [5, 5.41) is 24.0. The number of benzene rings is 1. The van der Waals surface area contributed by atoms with Crippen LogP contribution in [-0.2, 0) is 9.59 Å². The van der Waals surface area contributed by atoms with Crippen LogP contribution >= 0.6 is 23.4 Å². The van der Waals surface area contributed by atoms with Crippen LogP contribution in [0.1, 0.15) is 13.8 Å². The molecule has 1 atom stereocenters. The zero-order chi connectivity index (χ0) is 19.5. The molecule has 0 unspecified atom stereocenters. The molecule has 0 radical (unpaired) electrons. The van der Waals surface area contributed by atoms with E-state index in [0.29, 0.717) is 0 Å². The summed E-state index contributed by atoms with van der Waals surface area (Å²) in [5.74, 6) is -2.86. The van der Waals surface area contributed by atoms with Gasteiger partial charge in [0, 0.05) is 10.4 Å². The molecule has 9 heteroatoms. The lowest BCUT2D eigenvalue weighted by Crippen LogP contribution is -2.44. The predicted octanol–water partition coefficient (Wildman–Crippen LogP) is 3.18. The van der Waals surface area contributed by atoms with Crippen molar-refractivity contribution in [3.8, 4) is 12.1 Å². The van der Waals surface area contributed by atoms with Gasteiger partial charge in [0.1, 0.15) is 11.7 Å². The lowest BCUT2D eigenvalue weighted by Gasteiger charge is -2.34. The van der Waals surface area contributed by atoms with Crippen LogP contribution in [0.2, 0.25) is 5.02 Å². The highest BCUT2D eigenvalue weighted by atomic mass is 35.5. The van der Waals surface area contributed by atoms with E-state index in [-0.39, 0.29) is 27.1 Å². The topological polar surface area (TPSA) is 106 Å². The van der Waals surface area contributed by atoms with Crippen LogP contribution in [0.4, 0.5) is 10.1 Å². The number of nitrogens with one attached hydrogen (secondary N) is 2. The molecule has 134 valence electrons. The zero-order valence-electron chi connectivity index (χ0n) is 13.9. The second kappa shape index (κ2) is 7.77. The smallest absolute Gasteiger partial charge is 0.243 e. The number of allylic oxidation sites excluding steroid dienone is 1. The molecule has 1 heterocycles. The van der Waals surface area contributed by atoms with Gasteiger partial charge in [-0.2, -0.15) is 10.5 Å². The number of carbonyl (C=O) groups is 2. The lowest BCUT2D eigenvalue weighted by molar-refractivity contribution is -0.125. The minimum atomic E-state index is -1.00. The number of rotatable bonds is 4. The average Bonchev–Trinajstić information content (AvgIpc) is 2.55. The summed E-state index contributed by atoms with van der Waals surface area (Å²) < 4.78 is 13.7. The summed E-state index contributed by atoms with van der Waals surface area (Å²) in [6, 6.07) is 7.67. The van der Waals surface area contributed by atoms with Crippen molar-refractivity contribution in [1.82, 2.24) is 5.32 Å². The molecular weight excluding hydrogens is 379 g/mol. The van der Waals surface area contributed by atoms with Crippen molar-refractivity contribution in [3.63, 3.8) is 0 Å². The molecule has 26 heavy (non-hydrogen) atoms. The van der Waals surface area contributed by atoms with Crippen LogP contribution < -0.4 is 10.6 Å². The molecule has 2 N–H and O–H groups in total. The number of hydrogen-bond donors (Lipinski definition) is 2. The Bertz CT molecular complexity index is 886. The van der Waals surface area contributed by atoms with Gasteiger partial charge in [0.05, 0.1) is 34.2 Å². The van der Waals surface area contributed by atoms with Gasteiger partial charge in [-0.25, -0.2) is 4.39 Å². The van der Waals surface area contributed by atoms with Crippen LogP contribution in [0, 0.1) is 39.8 Å². The van der Waals surface area contributed by atoms with Gasteiger partial charge in [0.2, 0.25) is 11.8 Å². The second-order valence-electron chi connectivity index (χ2n) is 6.05. The van der Waals surface area contributed by atoms with Gasteiger partial charge in [-0.05, 0) is 18.2 Å². The first-order chi connectivity index (χ1) is 12.2. The molecule has 1 aromatic rings. The molecule has 6 nitrogen and oxygen atoms in total. The highest BCUT2D eigenvalue weighted by Gasteiger charge is 2.44. The Labute approximate surface area is 159 Å². The molecule has 0 fully saturated rings. The average molecular weight is 393 g/mol. The third kappa shape index (κ3) is 3.98. The van der Waals surface area contributed by atoms with Crippen LogP contribution in [0.3, 0.4) is 0 Å². The highest BCUT2D eigenvalue weighted by Crippen LogP contribution is 2.41. The number of nitriles is 2. The van der Waals surface area contributed by atoms with Gasteiger partial charge in [-0.15, -0.1) is 0 Å². The maximum atomic E-state index is 13.7. The normalized spacial score (nSPS) is 18.5. The van der Waals surface area contributed by atoms with E-state index in [0.717, 1.165) is 17.8 Å². The van der Waals surface area contributed by atoms with Gasteiger partial charge < -0.3 is 10.6 Å². The number of halogens is 2. The second-order valence-corrected chi connectivity index (χ2v) is 7.47. The Balaban J connectivity index is 2.15. The largest absolute Gasteiger partial charge is 0.323 e. The van der Waals surface area contributed by atoms with Crippen molar-refractivity contribution in [2.75, 3.05) is 11.1 Å². The van der Waals surface area contributed by atoms with Crippen molar-refractivity contribution in [3.05, 3.63) is 39.6 Å². The van der Waals surface area contributed by atoms with E-state index in [9.17, 15) is 19.2 Å². The fraction of sp³-hybridized carbons (Fsp3) is 0.294. The Morgan fingerprint density at radius 3 is 2.77 bits per heavy atom. The molecule has 2 rings (SSSR count). The van der Waals surface area contributed by atoms with Gasteiger partial charge in [0.15, 0.2) is 0 Å². The number of anilines is 1. The molecule has 2 amide bonds. The number of amides is 2. The minimum Gasteiger partial charge on any atom is -0.323 e. The SMILES string of the molecule is CC1(C)C(C#N)=C(SCC(=O)Nc2cc(Cl)ccc2F)NC(=O)[C@H]1C#N. The Hall–Kier alpha value is -2.55. The van der Waals surface area contributed by atoms with E-state index in [4.69, 9.17) is 16.9 Å². The maximum absolute atomic E-state index is 13.7. The molecule has 0 saturated heterocycles. The number of carbonyl (C=O) groups excluding carboxylic acids is 2. The third-order valence-corrected chi connectivity index (χ3v) is 5.12. The Kier molecular flexibility index (Phi) is 5.91. The maximum Gasteiger partial charge on any atom is 0.243 e. The fourth-order valence-electron chi connectivity index (χ4n) is 2.45. The van der Waals surface area contributed by atoms with Gasteiger partial charge in [-0.1, -0.05) is 37.2 Å². The Morgan fingerprint density at radius 1 is 1.46 bits per heavy atom. The molecule has 0 aromatic heterocycles. The molecule has 0 spiro atoms. The zero-order valence-corrected chi connectivity index (χ0v) is 15.5. The quantitative estimate of drug-likeness (QED) is 0.818. The summed E-state index contributed by atoms with van der Waals surface area (Å²) in [6.07, 6.45) is 0. The van der Waals surface area contributed by atoms with E-state index < -0.39 is 29.0 Å². The van der Waals surface area contributed by atoms with Crippen molar-refractivity contribution >= 4 is 40.9 Å². The van der Waals surface area contributed by atoms with Crippen LogP contribution in [-0.4, -0.2) is 17.6 Å². The molecule has 1 aromatic carbocycles. The van der Waals surface area contributed by atoms with Gasteiger partial charge >= 0.3 is 0 Å². The first kappa shape index (κ1) is 19.8. The summed E-state index contributed by atoms with van der Waals surface area (Å²) >= 11 is 6.71. The van der Waals surface area contributed by atoms with Crippen LogP contribution in [0.25, 0.3) is 0 Å². The van der Waals surface area contributed by atoms with Gasteiger partial charge in [0.25, 0.3) is 0 Å². The molecule has 0 aliphatic carbocycles. The predicted molar refractivity (Wildman–Crippen MR) is 96.2 cm³/mol. The van der Waals surface area contributed by atoms with Crippen LogP contribution in [0.15, 0.2) is 28.8 Å². The highest BCUT2D eigenvalue weighted by molar-refractivity contribution is 8.03. The van der Waals surface area contributed by atoms with E-state index in [2.05, 4.69) is 10.6 Å². The standard InChI is InChI=1S/C17H14ClFN4O2S/c1-17(2)10(6-20)15(25)23-16(11(17)7-21)26-8-14(24)22-13-5-9(18)3-4-12(13)19/h3-5,10H,8H2,1-2H3,(H,22,24)(H,23,25)/t10-/m1/s1. The first-order valence-electron chi connectivity index (χ1n) is 7.43. The van der Waals surface area contributed by atoms with Crippen molar-refractivity contribution in [1.29, 1.82) is 10.5 Å². The van der Waals surface area contributed by atoms with Crippen molar-refractivity contribution in [2.45, 2.75) is 13.8 Å². The minimum absolute atomic E-state index is 0.0601. The summed E-state index contributed by atoms with van der Waals surface area (Å²) in [4.78, 5) is 24.1. The van der Waals surface area contributed by atoms with Crippen LogP contribution in [0.5, 0.6) is 0 Å². The molecule has 1 aliphatic rings. The molecule has 1 aliphatic heterocycles. The number of hydrogen-bond acceptors (Lipinski definition) is 5. The molecule has 0 saturated carbocycles.